The first-order valence-electron chi connectivity index (χ1n) is 9.34. The van der Waals surface area contributed by atoms with Crippen molar-refractivity contribution in [3.05, 3.63) is 63.0 Å². The molecule has 2 heterocycles. The second kappa shape index (κ2) is 8.13. The van der Waals surface area contributed by atoms with Crippen LogP contribution in [0.4, 0.5) is 0 Å². The van der Waals surface area contributed by atoms with Gasteiger partial charge in [0.25, 0.3) is 5.56 Å². The van der Waals surface area contributed by atoms with Gasteiger partial charge in [-0.1, -0.05) is 29.8 Å². The summed E-state index contributed by atoms with van der Waals surface area (Å²) in [5.41, 5.74) is 1.36. The number of benzene rings is 2. The Kier molecular flexibility index (Phi) is 5.40. The molecule has 2 aromatic carbocycles. The van der Waals surface area contributed by atoms with E-state index in [9.17, 15) is 9.59 Å². The lowest BCUT2D eigenvalue weighted by atomic mass is 10.1. The number of amides is 1. The molecule has 1 aliphatic rings. The molecule has 4 rings (SSSR count). The van der Waals surface area contributed by atoms with E-state index in [-0.39, 0.29) is 18.0 Å². The molecule has 1 aromatic heterocycles. The van der Waals surface area contributed by atoms with Crippen LogP contribution < -0.4 is 20.3 Å². The third kappa shape index (κ3) is 4.05. The number of halogens is 1. The third-order valence-electron chi connectivity index (χ3n) is 4.74. The Hall–Kier alpha value is -3.06. The fourth-order valence-corrected chi connectivity index (χ4v) is 3.65. The van der Waals surface area contributed by atoms with E-state index >= 15 is 0 Å². The first kappa shape index (κ1) is 19.3. The van der Waals surface area contributed by atoms with E-state index in [0.29, 0.717) is 53.8 Å². The van der Waals surface area contributed by atoms with Gasteiger partial charge >= 0.3 is 0 Å². The van der Waals surface area contributed by atoms with Crippen LogP contribution in [0.2, 0.25) is 5.02 Å². The number of aryl methyl sites for hydroxylation is 1. The maximum Gasteiger partial charge on any atom is 0.275 e. The standard InChI is InChI=1S/C21H20ClN3O4/c1-13-15-4-2-3-5-16(15)21(27)25(24-13)12-19(26)23-7-6-14-10-17(22)20-18(11-14)28-8-9-29-20/h2-5,10-11H,6-9,12H2,1H3,(H,23,26). The highest BCUT2D eigenvalue weighted by Gasteiger charge is 2.17. The summed E-state index contributed by atoms with van der Waals surface area (Å²) in [5.74, 6) is 0.896. The summed E-state index contributed by atoms with van der Waals surface area (Å²) in [7, 11) is 0. The summed E-state index contributed by atoms with van der Waals surface area (Å²) in [5, 5.41) is 8.92. The number of nitrogens with one attached hydrogen (secondary N) is 1. The zero-order valence-electron chi connectivity index (χ0n) is 15.9. The van der Waals surface area contributed by atoms with Crippen LogP contribution in [0.15, 0.2) is 41.2 Å². The van der Waals surface area contributed by atoms with E-state index in [1.165, 1.54) is 4.68 Å². The summed E-state index contributed by atoms with van der Waals surface area (Å²) < 4.78 is 12.3. The number of carbonyl (C=O) groups excluding carboxylic acids is 1. The van der Waals surface area contributed by atoms with Gasteiger partial charge in [-0.2, -0.15) is 5.10 Å². The molecule has 8 heteroatoms. The van der Waals surface area contributed by atoms with Crippen LogP contribution in [0.5, 0.6) is 11.5 Å². The lowest BCUT2D eigenvalue weighted by Gasteiger charge is -2.20. The van der Waals surface area contributed by atoms with Crippen LogP contribution >= 0.6 is 11.6 Å². The van der Waals surface area contributed by atoms with E-state index in [1.807, 2.05) is 25.1 Å². The van der Waals surface area contributed by atoms with Crippen molar-refractivity contribution < 1.29 is 14.3 Å². The minimum Gasteiger partial charge on any atom is -0.486 e. The number of hydrogen-bond donors (Lipinski definition) is 1. The van der Waals surface area contributed by atoms with Crippen molar-refractivity contribution in [2.75, 3.05) is 19.8 Å². The van der Waals surface area contributed by atoms with E-state index in [0.717, 1.165) is 10.9 Å². The van der Waals surface area contributed by atoms with Gasteiger partial charge in [-0.25, -0.2) is 4.68 Å². The maximum absolute atomic E-state index is 12.6. The first-order chi connectivity index (χ1) is 14.0. The van der Waals surface area contributed by atoms with Gasteiger partial charge in [-0.05, 0) is 37.1 Å². The smallest absolute Gasteiger partial charge is 0.275 e. The second-order valence-corrected chi connectivity index (χ2v) is 7.20. The van der Waals surface area contributed by atoms with Gasteiger partial charge in [0.2, 0.25) is 5.91 Å². The average Bonchev–Trinajstić information content (AvgIpc) is 2.72. The molecule has 29 heavy (non-hydrogen) atoms. The Bertz CT molecular complexity index is 1140. The second-order valence-electron chi connectivity index (χ2n) is 6.80. The zero-order valence-corrected chi connectivity index (χ0v) is 16.7. The van der Waals surface area contributed by atoms with Crippen molar-refractivity contribution in [1.82, 2.24) is 15.1 Å². The SMILES string of the molecule is Cc1nn(CC(=O)NCCc2cc(Cl)c3c(c2)OCCO3)c(=O)c2ccccc12. The summed E-state index contributed by atoms with van der Waals surface area (Å²) in [6, 6.07) is 10.9. The molecule has 1 amide bonds. The molecule has 0 radical (unpaired) electrons. The summed E-state index contributed by atoms with van der Waals surface area (Å²) >= 11 is 6.24. The Morgan fingerprint density at radius 1 is 1.21 bits per heavy atom. The van der Waals surface area contributed by atoms with Crippen molar-refractivity contribution in [3.63, 3.8) is 0 Å². The summed E-state index contributed by atoms with van der Waals surface area (Å²) in [6.07, 6.45) is 0.571. The number of carbonyl (C=O) groups is 1. The number of rotatable bonds is 5. The number of fused-ring (bicyclic) bond motifs is 2. The van der Waals surface area contributed by atoms with Crippen LogP contribution in [0.1, 0.15) is 11.3 Å². The van der Waals surface area contributed by atoms with Crippen LogP contribution in [0.3, 0.4) is 0 Å². The van der Waals surface area contributed by atoms with Gasteiger partial charge in [0.1, 0.15) is 19.8 Å². The van der Waals surface area contributed by atoms with Crippen molar-refractivity contribution in [2.24, 2.45) is 0 Å². The minimum absolute atomic E-state index is 0.133. The lowest BCUT2D eigenvalue weighted by molar-refractivity contribution is -0.121. The number of aromatic nitrogens is 2. The van der Waals surface area contributed by atoms with E-state index < -0.39 is 0 Å². The van der Waals surface area contributed by atoms with Crippen molar-refractivity contribution in [2.45, 2.75) is 19.9 Å². The maximum atomic E-state index is 12.6. The van der Waals surface area contributed by atoms with Gasteiger partial charge < -0.3 is 14.8 Å². The molecule has 0 fully saturated rings. The molecule has 1 aliphatic heterocycles. The van der Waals surface area contributed by atoms with Crippen LogP contribution in [0, 0.1) is 6.92 Å². The largest absolute Gasteiger partial charge is 0.486 e. The molecule has 7 nitrogen and oxygen atoms in total. The fourth-order valence-electron chi connectivity index (χ4n) is 3.36. The van der Waals surface area contributed by atoms with Gasteiger partial charge in [0.05, 0.1) is 16.1 Å². The highest BCUT2D eigenvalue weighted by Crippen LogP contribution is 2.38. The summed E-state index contributed by atoms with van der Waals surface area (Å²) in [6.45, 7) is 3.05. The molecule has 0 saturated heterocycles. The average molecular weight is 414 g/mol. The van der Waals surface area contributed by atoms with Crippen molar-refractivity contribution in [1.29, 1.82) is 0 Å². The predicted molar refractivity (Wildman–Crippen MR) is 110 cm³/mol. The molecular weight excluding hydrogens is 394 g/mol. The van der Waals surface area contributed by atoms with Crippen molar-refractivity contribution >= 4 is 28.3 Å². The van der Waals surface area contributed by atoms with Gasteiger partial charge in [0, 0.05) is 11.9 Å². The number of hydrogen-bond acceptors (Lipinski definition) is 5. The van der Waals surface area contributed by atoms with Crippen LogP contribution in [-0.4, -0.2) is 35.4 Å². The number of nitrogens with zero attached hydrogens (tertiary/aromatic N) is 2. The Morgan fingerprint density at radius 3 is 2.79 bits per heavy atom. The van der Waals surface area contributed by atoms with Gasteiger partial charge in [-0.3, -0.25) is 9.59 Å². The highest BCUT2D eigenvalue weighted by atomic mass is 35.5. The molecule has 0 aliphatic carbocycles. The topological polar surface area (TPSA) is 82.5 Å². The normalized spacial score (nSPS) is 12.8. The molecule has 0 atom stereocenters. The lowest BCUT2D eigenvalue weighted by Crippen LogP contribution is -2.35. The van der Waals surface area contributed by atoms with Gasteiger partial charge in [0.15, 0.2) is 11.5 Å². The molecule has 0 bridgehead atoms. The van der Waals surface area contributed by atoms with E-state index in [2.05, 4.69) is 10.4 Å². The highest BCUT2D eigenvalue weighted by molar-refractivity contribution is 6.32. The Morgan fingerprint density at radius 2 is 1.97 bits per heavy atom. The van der Waals surface area contributed by atoms with Crippen LogP contribution in [0.25, 0.3) is 10.8 Å². The zero-order chi connectivity index (χ0) is 20.4. The van der Waals surface area contributed by atoms with Crippen molar-refractivity contribution in [3.8, 4) is 11.5 Å². The molecule has 0 spiro atoms. The molecule has 150 valence electrons. The first-order valence-corrected chi connectivity index (χ1v) is 9.72. The predicted octanol–water partition coefficient (Wildman–Crippen LogP) is 2.49. The summed E-state index contributed by atoms with van der Waals surface area (Å²) in [4.78, 5) is 24.9. The van der Waals surface area contributed by atoms with E-state index in [4.69, 9.17) is 21.1 Å². The number of ether oxygens (including phenoxy) is 2. The van der Waals surface area contributed by atoms with E-state index in [1.54, 1.807) is 18.2 Å². The molecular formula is C21H20ClN3O4. The minimum atomic E-state index is -0.280. The quantitative estimate of drug-likeness (QED) is 0.694. The third-order valence-corrected chi connectivity index (χ3v) is 5.02. The van der Waals surface area contributed by atoms with Crippen LogP contribution in [-0.2, 0) is 17.8 Å². The monoisotopic (exact) mass is 413 g/mol. The molecule has 3 aromatic rings. The Balaban J connectivity index is 1.40. The van der Waals surface area contributed by atoms with Gasteiger partial charge in [-0.15, -0.1) is 0 Å². The molecule has 0 saturated carbocycles. The molecule has 1 N–H and O–H groups in total. The fraction of sp³-hybridized carbons (Fsp3) is 0.286. The molecule has 0 unspecified atom stereocenters. The Labute approximate surface area is 172 Å².